The molecule has 1 aromatic heterocycles. The second kappa shape index (κ2) is 5.70. The number of pyridine rings is 1. The molecule has 0 aromatic carbocycles. The molecule has 1 aromatic rings. The van der Waals surface area contributed by atoms with Crippen molar-refractivity contribution in [2.45, 2.75) is 51.3 Å². The van der Waals surface area contributed by atoms with Gasteiger partial charge in [0.25, 0.3) is 0 Å². The lowest BCUT2D eigenvalue weighted by Crippen LogP contribution is -2.59. The highest BCUT2D eigenvalue weighted by molar-refractivity contribution is 5.43. The van der Waals surface area contributed by atoms with Crippen LogP contribution in [-0.2, 0) is 0 Å². The molecule has 0 radical (unpaired) electrons. The molecule has 0 bridgehead atoms. The number of fused-ring (bicyclic) bond motifs is 1. The van der Waals surface area contributed by atoms with Gasteiger partial charge in [0.15, 0.2) is 0 Å². The van der Waals surface area contributed by atoms with Crippen LogP contribution in [0.5, 0.6) is 0 Å². The Morgan fingerprint density at radius 3 is 3.00 bits per heavy atom. The van der Waals surface area contributed by atoms with E-state index in [1.807, 2.05) is 25.3 Å². The molecule has 2 aliphatic heterocycles. The Balaban J connectivity index is 1.80. The van der Waals surface area contributed by atoms with Crippen LogP contribution in [0, 0.1) is 0 Å². The standard InChI is InChI=1S/C16H25N3O/c1-12-10-18-8-4-3-5-15(18)11-19(12)16-9-14(13(2)20)6-7-17-16/h6-7,9,12-13,15,20H,3-5,8,10-11H2,1-2H3. The van der Waals surface area contributed by atoms with E-state index in [1.54, 1.807) is 0 Å². The lowest BCUT2D eigenvalue weighted by Gasteiger charge is -2.48. The van der Waals surface area contributed by atoms with Crippen LogP contribution in [-0.4, -0.2) is 46.7 Å². The fraction of sp³-hybridized carbons (Fsp3) is 0.688. The van der Waals surface area contributed by atoms with Crippen LogP contribution in [0.2, 0.25) is 0 Å². The highest BCUT2D eigenvalue weighted by atomic mass is 16.3. The molecule has 0 amide bonds. The van der Waals surface area contributed by atoms with E-state index < -0.39 is 6.10 Å². The Labute approximate surface area is 121 Å². The van der Waals surface area contributed by atoms with E-state index in [-0.39, 0.29) is 0 Å². The molecule has 0 aliphatic carbocycles. The van der Waals surface area contributed by atoms with Crippen molar-refractivity contribution in [3.05, 3.63) is 23.9 Å². The van der Waals surface area contributed by atoms with Gasteiger partial charge in [-0.3, -0.25) is 4.90 Å². The summed E-state index contributed by atoms with van der Waals surface area (Å²) in [6.07, 6.45) is 5.39. The van der Waals surface area contributed by atoms with Gasteiger partial charge in [-0.25, -0.2) is 4.98 Å². The van der Waals surface area contributed by atoms with E-state index >= 15 is 0 Å². The SMILES string of the molecule is CC(O)c1ccnc(N2CC3CCCCN3CC2C)c1. The zero-order valence-corrected chi connectivity index (χ0v) is 12.5. The second-order valence-electron chi connectivity index (χ2n) is 6.27. The number of nitrogens with zero attached hydrogens (tertiary/aromatic N) is 3. The summed E-state index contributed by atoms with van der Waals surface area (Å²) in [6, 6.07) is 5.10. The van der Waals surface area contributed by atoms with Crippen LogP contribution in [0.15, 0.2) is 18.3 Å². The Morgan fingerprint density at radius 1 is 1.35 bits per heavy atom. The van der Waals surface area contributed by atoms with E-state index in [4.69, 9.17) is 0 Å². The van der Waals surface area contributed by atoms with Gasteiger partial charge in [-0.05, 0) is 50.9 Å². The number of rotatable bonds is 2. The summed E-state index contributed by atoms with van der Waals surface area (Å²) in [6.45, 7) is 7.54. The van der Waals surface area contributed by atoms with Crippen LogP contribution in [0.4, 0.5) is 5.82 Å². The highest BCUT2D eigenvalue weighted by Gasteiger charge is 2.33. The van der Waals surface area contributed by atoms with Crippen molar-refractivity contribution in [1.29, 1.82) is 0 Å². The smallest absolute Gasteiger partial charge is 0.129 e. The average molecular weight is 275 g/mol. The summed E-state index contributed by atoms with van der Waals surface area (Å²) >= 11 is 0. The van der Waals surface area contributed by atoms with Crippen molar-refractivity contribution in [2.24, 2.45) is 0 Å². The molecular weight excluding hydrogens is 250 g/mol. The first kappa shape index (κ1) is 13.8. The van der Waals surface area contributed by atoms with Gasteiger partial charge in [0.05, 0.1) is 6.10 Å². The van der Waals surface area contributed by atoms with Gasteiger partial charge >= 0.3 is 0 Å². The van der Waals surface area contributed by atoms with Gasteiger partial charge in [0.1, 0.15) is 5.82 Å². The number of piperazine rings is 1. The molecule has 2 aliphatic rings. The number of aromatic nitrogens is 1. The summed E-state index contributed by atoms with van der Waals surface area (Å²) in [5.41, 5.74) is 0.952. The van der Waals surface area contributed by atoms with Crippen LogP contribution in [0.3, 0.4) is 0 Å². The second-order valence-corrected chi connectivity index (χ2v) is 6.27. The number of piperidine rings is 1. The van der Waals surface area contributed by atoms with E-state index in [0.717, 1.165) is 24.5 Å². The molecule has 3 heterocycles. The molecule has 4 heteroatoms. The van der Waals surface area contributed by atoms with Crippen LogP contribution in [0.1, 0.15) is 44.8 Å². The molecule has 0 saturated carbocycles. The molecule has 4 nitrogen and oxygen atoms in total. The Morgan fingerprint density at radius 2 is 2.20 bits per heavy atom. The average Bonchev–Trinajstić information content (AvgIpc) is 2.46. The summed E-state index contributed by atoms with van der Waals surface area (Å²) < 4.78 is 0. The maximum absolute atomic E-state index is 9.75. The van der Waals surface area contributed by atoms with E-state index in [9.17, 15) is 5.11 Å². The predicted octanol–water partition coefficient (Wildman–Crippen LogP) is 2.20. The van der Waals surface area contributed by atoms with Crippen molar-refractivity contribution in [3.8, 4) is 0 Å². The minimum absolute atomic E-state index is 0.428. The lowest BCUT2D eigenvalue weighted by atomic mass is 9.97. The van der Waals surface area contributed by atoms with Crippen molar-refractivity contribution >= 4 is 5.82 Å². The minimum Gasteiger partial charge on any atom is -0.389 e. The quantitative estimate of drug-likeness (QED) is 0.898. The number of aliphatic hydroxyl groups excluding tert-OH is 1. The van der Waals surface area contributed by atoms with Gasteiger partial charge in [-0.2, -0.15) is 0 Å². The molecular formula is C16H25N3O. The van der Waals surface area contributed by atoms with Crippen molar-refractivity contribution < 1.29 is 5.11 Å². The molecule has 2 saturated heterocycles. The fourth-order valence-electron chi connectivity index (χ4n) is 3.52. The largest absolute Gasteiger partial charge is 0.389 e. The third-order valence-corrected chi connectivity index (χ3v) is 4.73. The van der Waals surface area contributed by atoms with Gasteiger partial charge in [0.2, 0.25) is 0 Å². The number of hydrogen-bond donors (Lipinski definition) is 1. The van der Waals surface area contributed by atoms with E-state index in [1.165, 1.54) is 25.8 Å². The van der Waals surface area contributed by atoms with E-state index in [2.05, 4.69) is 21.7 Å². The van der Waals surface area contributed by atoms with Gasteiger partial charge in [-0.1, -0.05) is 6.42 Å². The predicted molar refractivity (Wildman–Crippen MR) is 80.9 cm³/mol. The maximum atomic E-state index is 9.75. The van der Waals surface area contributed by atoms with Crippen molar-refractivity contribution in [3.63, 3.8) is 0 Å². The lowest BCUT2D eigenvalue weighted by molar-refractivity contribution is 0.115. The summed E-state index contributed by atoms with van der Waals surface area (Å²) in [5, 5.41) is 9.75. The van der Waals surface area contributed by atoms with Crippen molar-refractivity contribution in [1.82, 2.24) is 9.88 Å². The minimum atomic E-state index is -0.428. The Kier molecular flexibility index (Phi) is 3.94. The Hall–Kier alpha value is -1.13. The molecule has 1 N–H and O–H groups in total. The van der Waals surface area contributed by atoms with Gasteiger partial charge < -0.3 is 10.0 Å². The van der Waals surface area contributed by atoms with Gasteiger partial charge in [-0.15, -0.1) is 0 Å². The zero-order chi connectivity index (χ0) is 14.1. The first-order valence-corrected chi connectivity index (χ1v) is 7.80. The van der Waals surface area contributed by atoms with Gasteiger partial charge in [0, 0.05) is 31.4 Å². The summed E-state index contributed by atoms with van der Waals surface area (Å²) in [7, 11) is 0. The highest BCUT2D eigenvalue weighted by Crippen LogP contribution is 2.28. The number of aliphatic hydroxyl groups is 1. The molecule has 0 spiro atoms. The molecule has 3 unspecified atom stereocenters. The monoisotopic (exact) mass is 275 g/mol. The molecule has 110 valence electrons. The first-order chi connectivity index (χ1) is 9.65. The Bertz CT molecular complexity index is 463. The van der Waals surface area contributed by atoms with Crippen LogP contribution in [0.25, 0.3) is 0 Å². The number of anilines is 1. The maximum Gasteiger partial charge on any atom is 0.129 e. The number of hydrogen-bond acceptors (Lipinski definition) is 4. The topological polar surface area (TPSA) is 39.6 Å². The normalized spacial score (nSPS) is 29.1. The summed E-state index contributed by atoms with van der Waals surface area (Å²) in [4.78, 5) is 9.59. The molecule has 20 heavy (non-hydrogen) atoms. The molecule has 2 fully saturated rings. The summed E-state index contributed by atoms with van der Waals surface area (Å²) in [5.74, 6) is 1.01. The first-order valence-electron chi connectivity index (χ1n) is 7.80. The fourth-order valence-corrected chi connectivity index (χ4v) is 3.52. The van der Waals surface area contributed by atoms with Crippen LogP contribution >= 0.6 is 0 Å². The van der Waals surface area contributed by atoms with Crippen LogP contribution < -0.4 is 4.90 Å². The zero-order valence-electron chi connectivity index (χ0n) is 12.5. The molecule has 3 rings (SSSR count). The molecule has 3 atom stereocenters. The third kappa shape index (κ3) is 2.67. The third-order valence-electron chi connectivity index (χ3n) is 4.73. The van der Waals surface area contributed by atoms with Crippen molar-refractivity contribution in [2.75, 3.05) is 24.5 Å². The van der Waals surface area contributed by atoms with E-state index in [0.29, 0.717) is 12.1 Å².